The zero-order valence-electron chi connectivity index (χ0n) is 13.2. The molecule has 0 saturated carbocycles. The number of aromatic nitrogens is 2. The van der Waals surface area contributed by atoms with Gasteiger partial charge in [0.15, 0.2) is 0 Å². The van der Waals surface area contributed by atoms with E-state index in [0.717, 1.165) is 42.2 Å². The molecule has 0 aliphatic carbocycles. The predicted octanol–water partition coefficient (Wildman–Crippen LogP) is 4.72. The Kier molecular flexibility index (Phi) is 5.18. The van der Waals surface area contributed by atoms with E-state index in [-0.39, 0.29) is 0 Å². The molecule has 2 aromatic rings. The molecule has 3 nitrogen and oxygen atoms in total. The molecule has 1 aromatic heterocycles. The van der Waals surface area contributed by atoms with Gasteiger partial charge in [-0.25, -0.2) is 9.97 Å². The van der Waals surface area contributed by atoms with E-state index in [1.165, 1.54) is 5.56 Å². The van der Waals surface area contributed by atoms with Crippen LogP contribution in [-0.2, 0) is 12.8 Å². The fourth-order valence-corrected chi connectivity index (χ4v) is 2.44. The summed E-state index contributed by atoms with van der Waals surface area (Å²) in [6.07, 6.45) is 2.90. The van der Waals surface area contributed by atoms with Crippen LogP contribution in [0.2, 0.25) is 5.15 Å². The Hall–Kier alpha value is -1.61. The first-order valence-electron chi connectivity index (χ1n) is 7.42. The maximum atomic E-state index is 6.26. The first-order chi connectivity index (χ1) is 10.1. The lowest BCUT2D eigenvalue weighted by Gasteiger charge is -2.21. The Bertz CT molecular complexity index is 608. The second kappa shape index (κ2) is 6.90. The number of hydrogen-bond donors (Lipinski definition) is 0. The highest BCUT2D eigenvalue weighted by Crippen LogP contribution is 2.28. The van der Waals surface area contributed by atoms with Crippen LogP contribution in [0.5, 0.6) is 0 Å². The molecule has 0 N–H and O–H groups in total. The minimum Gasteiger partial charge on any atom is -0.329 e. The Labute approximate surface area is 132 Å². The van der Waals surface area contributed by atoms with E-state index < -0.39 is 0 Å². The third-order valence-corrected chi connectivity index (χ3v) is 4.00. The highest BCUT2D eigenvalue weighted by molar-refractivity contribution is 6.30. The van der Waals surface area contributed by atoms with Crippen molar-refractivity contribution in [3.63, 3.8) is 0 Å². The van der Waals surface area contributed by atoms with Crippen molar-refractivity contribution in [3.05, 3.63) is 46.4 Å². The standard InChI is InChI=1S/C17H22ClN3/c1-5-7-15-19-16(18)12(3)17(20-15)21(4)14-10-8-13(6-2)9-11-14/h8-11H,5-7H2,1-4H3. The van der Waals surface area contributed by atoms with Crippen LogP contribution in [0.4, 0.5) is 11.5 Å². The average Bonchev–Trinajstić information content (AvgIpc) is 2.50. The predicted molar refractivity (Wildman–Crippen MR) is 89.7 cm³/mol. The summed E-state index contributed by atoms with van der Waals surface area (Å²) in [6.45, 7) is 6.23. The Morgan fingerprint density at radius 1 is 1.10 bits per heavy atom. The van der Waals surface area contributed by atoms with Crippen LogP contribution >= 0.6 is 11.6 Å². The van der Waals surface area contributed by atoms with Gasteiger partial charge in [0, 0.05) is 24.7 Å². The molecule has 0 amide bonds. The van der Waals surface area contributed by atoms with Crippen molar-refractivity contribution in [2.75, 3.05) is 11.9 Å². The molecule has 21 heavy (non-hydrogen) atoms. The van der Waals surface area contributed by atoms with Crippen molar-refractivity contribution < 1.29 is 0 Å². The maximum Gasteiger partial charge on any atom is 0.140 e. The number of halogens is 1. The van der Waals surface area contributed by atoms with Gasteiger partial charge in [0.2, 0.25) is 0 Å². The molecule has 0 saturated heterocycles. The lowest BCUT2D eigenvalue weighted by atomic mass is 10.1. The van der Waals surface area contributed by atoms with E-state index in [1.807, 2.05) is 14.0 Å². The molecular formula is C17H22ClN3. The summed E-state index contributed by atoms with van der Waals surface area (Å²) in [5, 5.41) is 0.542. The summed E-state index contributed by atoms with van der Waals surface area (Å²) in [4.78, 5) is 11.1. The highest BCUT2D eigenvalue weighted by atomic mass is 35.5. The molecule has 0 bridgehead atoms. The molecule has 0 aliphatic heterocycles. The summed E-state index contributed by atoms with van der Waals surface area (Å²) < 4.78 is 0. The molecule has 0 spiro atoms. The maximum absolute atomic E-state index is 6.26. The van der Waals surface area contributed by atoms with Gasteiger partial charge in [-0.05, 0) is 37.5 Å². The number of anilines is 2. The Morgan fingerprint density at radius 3 is 2.33 bits per heavy atom. The fourth-order valence-electron chi connectivity index (χ4n) is 2.26. The summed E-state index contributed by atoms with van der Waals surface area (Å²) in [7, 11) is 2.02. The number of hydrogen-bond acceptors (Lipinski definition) is 3. The summed E-state index contributed by atoms with van der Waals surface area (Å²) in [5.74, 6) is 1.68. The van der Waals surface area contributed by atoms with Gasteiger partial charge >= 0.3 is 0 Å². The topological polar surface area (TPSA) is 29.0 Å². The Morgan fingerprint density at radius 2 is 1.76 bits per heavy atom. The third kappa shape index (κ3) is 3.53. The first-order valence-corrected chi connectivity index (χ1v) is 7.80. The van der Waals surface area contributed by atoms with Gasteiger partial charge in [0.25, 0.3) is 0 Å². The van der Waals surface area contributed by atoms with E-state index in [4.69, 9.17) is 11.6 Å². The van der Waals surface area contributed by atoms with Gasteiger partial charge < -0.3 is 4.90 Å². The van der Waals surface area contributed by atoms with Crippen molar-refractivity contribution in [2.45, 2.75) is 40.0 Å². The lowest BCUT2D eigenvalue weighted by Crippen LogP contribution is -2.15. The summed E-state index contributed by atoms with van der Waals surface area (Å²) in [5.41, 5.74) is 3.35. The first kappa shape index (κ1) is 15.8. The van der Waals surface area contributed by atoms with Crippen molar-refractivity contribution in [2.24, 2.45) is 0 Å². The van der Waals surface area contributed by atoms with E-state index in [0.29, 0.717) is 5.15 Å². The van der Waals surface area contributed by atoms with E-state index >= 15 is 0 Å². The molecule has 0 radical (unpaired) electrons. The van der Waals surface area contributed by atoms with Gasteiger partial charge in [0.05, 0.1) is 0 Å². The van der Waals surface area contributed by atoms with Crippen LogP contribution in [0.25, 0.3) is 0 Å². The average molecular weight is 304 g/mol. The Balaban J connectivity index is 2.38. The lowest BCUT2D eigenvalue weighted by molar-refractivity contribution is 0.826. The molecular weight excluding hydrogens is 282 g/mol. The molecule has 1 heterocycles. The van der Waals surface area contributed by atoms with E-state index in [1.54, 1.807) is 0 Å². The van der Waals surface area contributed by atoms with Gasteiger partial charge in [-0.3, -0.25) is 0 Å². The molecule has 2 rings (SSSR count). The molecule has 0 unspecified atom stereocenters. The summed E-state index contributed by atoms with van der Waals surface area (Å²) >= 11 is 6.26. The van der Waals surface area contributed by atoms with Crippen LogP contribution in [0, 0.1) is 6.92 Å². The van der Waals surface area contributed by atoms with Gasteiger partial charge in [0.1, 0.15) is 16.8 Å². The molecule has 0 atom stereocenters. The van der Waals surface area contributed by atoms with Crippen LogP contribution in [0.3, 0.4) is 0 Å². The second-order valence-electron chi connectivity index (χ2n) is 5.21. The van der Waals surface area contributed by atoms with E-state index in [9.17, 15) is 0 Å². The molecule has 0 fully saturated rings. The smallest absolute Gasteiger partial charge is 0.140 e. The second-order valence-corrected chi connectivity index (χ2v) is 5.57. The van der Waals surface area contributed by atoms with Crippen molar-refractivity contribution in [1.82, 2.24) is 9.97 Å². The zero-order chi connectivity index (χ0) is 15.4. The number of aryl methyl sites for hydroxylation is 2. The minimum absolute atomic E-state index is 0.542. The number of rotatable bonds is 5. The monoisotopic (exact) mass is 303 g/mol. The van der Waals surface area contributed by atoms with Gasteiger partial charge in [-0.15, -0.1) is 0 Å². The fraction of sp³-hybridized carbons (Fsp3) is 0.412. The number of benzene rings is 1. The zero-order valence-corrected chi connectivity index (χ0v) is 13.9. The third-order valence-electron chi connectivity index (χ3n) is 3.63. The highest BCUT2D eigenvalue weighted by Gasteiger charge is 2.14. The van der Waals surface area contributed by atoms with Crippen molar-refractivity contribution in [3.8, 4) is 0 Å². The van der Waals surface area contributed by atoms with Crippen LogP contribution in [0.1, 0.15) is 37.2 Å². The summed E-state index contributed by atoms with van der Waals surface area (Å²) in [6, 6.07) is 8.54. The largest absolute Gasteiger partial charge is 0.329 e. The van der Waals surface area contributed by atoms with E-state index in [2.05, 4.69) is 53.0 Å². The molecule has 1 aromatic carbocycles. The molecule has 0 aliphatic rings. The number of nitrogens with zero attached hydrogens (tertiary/aromatic N) is 3. The van der Waals surface area contributed by atoms with Gasteiger partial charge in [-0.1, -0.05) is 37.6 Å². The quantitative estimate of drug-likeness (QED) is 0.748. The van der Waals surface area contributed by atoms with Crippen molar-refractivity contribution in [1.29, 1.82) is 0 Å². The molecule has 112 valence electrons. The van der Waals surface area contributed by atoms with Gasteiger partial charge in [-0.2, -0.15) is 0 Å². The minimum atomic E-state index is 0.542. The molecule has 4 heteroatoms. The van der Waals surface area contributed by atoms with Crippen molar-refractivity contribution >= 4 is 23.1 Å². The SMILES string of the molecule is CCCc1nc(Cl)c(C)c(N(C)c2ccc(CC)cc2)n1. The van der Waals surface area contributed by atoms with Crippen LogP contribution in [-0.4, -0.2) is 17.0 Å². The normalized spacial score (nSPS) is 10.7. The van der Waals surface area contributed by atoms with Crippen LogP contribution < -0.4 is 4.90 Å². The van der Waals surface area contributed by atoms with Crippen LogP contribution in [0.15, 0.2) is 24.3 Å².